The molecule has 2 aromatic carbocycles. The van der Waals surface area contributed by atoms with E-state index >= 15 is 0 Å². The number of rotatable bonds is 0. The van der Waals surface area contributed by atoms with Crippen LogP contribution in [0.3, 0.4) is 0 Å². The Morgan fingerprint density at radius 1 is 1.06 bits per heavy atom. The molecule has 1 nitrogen and oxygen atoms in total. The van der Waals surface area contributed by atoms with Gasteiger partial charge in [-0.25, -0.2) is 0 Å². The number of fused-ring (bicyclic) bond motifs is 5. The van der Waals surface area contributed by atoms with E-state index in [9.17, 15) is 0 Å². The third-order valence-corrected chi connectivity index (χ3v) is 4.30. The van der Waals surface area contributed by atoms with Crippen molar-refractivity contribution in [2.45, 2.75) is 19.3 Å². The summed E-state index contributed by atoms with van der Waals surface area (Å²) in [5.41, 5.74) is 5.67. The van der Waals surface area contributed by atoms with Crippen LogP contribution >= 0.6 is 0 Å². The fourth-order valence-electron chi connectivity index (χ4n) is 3.47. The Labute approximate surface area is 107 Å². The molecule has 0 saturated carbocycles. The molecule has 0 saturated heterocycles. The third-order valence-electron chi connectivity index (χ3n) is 4.30. The Morgan fingerprint density at radius 2 is 1.94 bits per heavy atom. The molecule has 90 valence electrons. The van der Waals surface area contributed by atoms with Crippen molar-refractivity contribution < 1.29 is 4.74 Å². The first kappa shape index (κ1) is 10.2. The first-order chi connectivity index (χ1) is 8.83. The van der Waals surface area contributed by atoms with Gasteiger partial charge in [0.05, 0.1) is 6.61 Å². The van der Waals surface area contributed by atoms with Crippen molar-refractivity contribution in [2.24, 2.45) is 5.92 Å². The molecule has 18 heavy (non-hydrogen) atoms. The lowest BCUT2D eigenvalue weighted by molar-refractivity contribution is 0.215. The lowest BCUT2D eigenvalue weighted by Crippen LogP contribution is -2.23. The van der Waals surface area contributed by atoms with Crippen molar-refractivity contribution in [3.63, 3.8) is 0 Å². The van der Waals surface area contributed by atoms with Crippen molar-refractivity contribution >= 4 is 0 Å². The van der Waals surface area contributed by atoms with Gasteiger partial charge in [-0.05, 0) is 36.1 Å². The zero-order valence-corrected chi connectivity index (χ0v) is 10.5. The molecule has 0 bridgehead atoms. The summed E-state index contributed by atoms with van der Waals surface area (Å²) in [6, 6.07) is 15.5. The van der Waals surface area contributed by atoms with E-state index in [1.165, 1.54) is 22.3 Å². The van der Waals surface area contributed by atoms with Crippen molar-refractivity contribution in [1.29, 1.82) is 0 Å². The molecule has 2 aromatic rings. The number of benzene rings is 2. The van der Waals surface area contributed by atoms with Gasteiger partial charge in [0, 0.05) is 17.4 Å². The highest BCUT2D eigenvalue weighted by Gasteiger charge is 2.38. The standard InChI is InChI=1S/C17H16O/c1-11-6-7-15-16(8-11)18-10-13-9-12-4-2-3-5-14(12)17(13)15/h2-8,13,17H,9-10H2,1H3. The zero-order chi connectivity index (χ0) is 12.1. The number of aryl methyl sites for hydroxylation is 1. The molecule has 1 aliphatic heterocycles. The largest absolute Gasteiger partial charge is 0.493 e. The molecule has 1 aliphatic carbocycles. The second-order valence-corrected chi connectivity index (χ2v) is 5.49. The lowest BCUT2D eigenvalue weighted by atomic mass is 9.84. The zero-order valence-electron chi connectivity index (χ0n) is 10.5. The topological polar surface area (TPSA) is 9.23 Å². The Kier molecular flexibility index (Phi) is 2.05. The van der Waals surface area contributed by atoms with E-state index in [1.807, 2.05) is 0 Å². The highest BCUT2D eigenvalue weighted by Crippen LogP contribution is 2.48. The molecule has 1 heterocycles. The summed E-state index contributed by atoms with van der Waals surface area (Å²) >= 11 is 0. The molecular formula is C17H16O. The number of ether oxygens (including phenoxy) is 1. The highest BCUT2D eigenvalue weighted by molar-refractivity contribution is 5.51. The van der Waals surface area contributed by atoms with Crippen molar-refractivity contribution in [3.05, 3.63) is 64.7 Å². The molecule has 0 radical (unpaired) electrons. The van der Waals surface area contributed by atoms with Crippen LogP contribution in [-0.2, 0) is 6.42 Å². The fraction of sp³-hybridized carbons (Fsp3) is 0.294. The van der Waals surface area contributed by atoms with E-state index in [0.29, 0.717) is 11.8 Å². The van der Waals surface area contributed by atoms with Gasteiger partial charge in [0.2, 0.25) is 0 Å². The number of hydrogen-bond acceptors (Lipinski definition) is 1. The Hall–Kier alpha value is -1.76. The van der Waals surface area contributed by atoms with E-state index in [2.05, 4.69) is 49.4 Å². The Bertz CT molecular complexity index is 615. The summed E-state index contributed by atoms with van der Waals surface area (Å²) in [6.07, 6.45) is 1.16. The van der Waals surface area contributed by atoms with Crippen LogP contribution in [-0.4, -0.2) is 6.61 Å². The summed E-state index contributed by atoms with van der Waals surface area (Å²) in [5.74, 6) is 2.26. The third kappa shape index (κ3) is 1.34. The van der Waals surface area contributed by atoms with Crippen molar-refractivity contribution in [1.82, 2.24) is 0 Å². The van der Waals surface area contributed by atoms with E-state index in [4.69, 9.17) is 4.74 Å². The molecule has 2 atom stereocenters. The first-order valence-electron chi connectivity index (χ1n) is 6.64. The van der Waals surface area contributed by atoms with Crippen LogP contribution in [0.1, 0.15) is 28.2 Å². The summed E-state index contributed by atoms with van der Waals surface area (Å²) in [7, 11) is 0. The van der Waals surface area contributed by atoms with Gasteiger partial charge in [-0.3, -0.25) is 0 Å². The van der Waals surface area contributed by atoms with Gasteiger partial charge in [-0.2, -0.15) is 0 Å². The van der Waals surface area contributed by atoms with Crippen LogP contribution in [0.5, 0.6) is 5.75 Å². The summed E-state index contributed by atoms with van der Waals surface area (Å²) < 4.78 is 5.95. The highest BCUT2D eigenvalue weighted by atomic mass is 16.5. The van der Waals surface area contributed by atoms with E-state index in [0.717, 1.165) is 18.8 Å². The molecule has 0 fully saturated rings. The average Bonchev–Trinajstić information content (AvgIpc) is 2.77. The molecule has 0 aromatic heterocycles. The summed E-state index contributed by atoms with van der Waals surface area (Å²) in [5, 5.41) is 0. The normalized spacial score (nSPS) is 23.8. The summed E-state index contributed by atoms with van der Waals surface area (Å²) in [6.45, 7) is 2.98. The molecule has 0 N–H and O–H groups in total. The first-order valence-corrected chi connectivity index (χ1v) is 6.64. The van der Waals surface area contributed by atoms with Crippen LogP contribution in [0.2, 0.25) is 0 Å². The average molecular weight is 236 g/mol. The van der Waals surface area contributed by atoms with Crippen LogP contribution < -0.4 is 4.74 Å². The van der Waals surface area contributed by atoms with Crippen LogP contribution in [0.15, 0.2) is 42.5 Å². The van der Waals surface area contributed by atoms with Gasteiger partial charge in [0.1, 0.15) is 5.75 Å². The minimum atomic E-state index is 0.547. The van der Waals surface area contributed by atoms with Gasteiger partial charge >= 0.3 is 0 Å². The quantitative estimate of drug-likeness (QED) is 0.678. The van der Waals surface area contributed by atoms with Crippen LogP contribution in [0.25, 0.3) is 0 Å². The Morgan fingerprint density at radius 3 is 2.89 bits per heavy atom. The van der Waals surface area contributed by atoms with Crippen LogP contribution in [0, 0.1) is 12.8 Å². The molecule has 1 heteroatoms. The maximum absolute atomic E-state index is 5.95. The van der Waals surface area contributed by atoms with Crippen LogP contribution in [0.4, 0.5) is 0 Å². The molecule has 0 spiro atoms. The van der Waals surface area contributed by atoms with Crippen molar-refractivity contribution in [2.75, 3.05) is 6.61 Å². The molecule has 2 aliphatic rings. The van der Waals surface area contributed by atoms with E-state index in [1.54, 1.807) is 0 Å². The van der Waals surface area contributed by atoms with Crippen molar-refractivity contribution in [3.8, 4) is 5.75 Å². The van der Waals surface area contributed by atoms with Gasteiger partial charge in [-0.1, -0.05) is 36.4 Å². The smallest absolute Gasteiger partial charge is 0.123 e. The predicted molar refractivity (Wildman–Crippen MR) is 72.2 cm³/mol. The molecule has 0 amide bonds. The van der Waals surface area contributed by atoms with Gasteiger partial charge in [0.25, 0.3) is 0 Å². The fourth-order valence-corrected chi connectivity index (χ4v) is 3.47. The monoisotopic (exact) mass is 236 g/mol. The molecular weight excluding hydrogens is 220 g/mol. The van der Waals surface area contributed by atoms with Gasteiger partial charge in [-0.15, -0.1) is 0 Å². The minimum Gasteiger partial charge on any atom is -0.493 e. The molecule has 2 unspecified atom stereocenters. The summed E-state index contributed by atoms with van der Waals surface area (Å²) in [4.78, 5) is 0. The maximum atomic E-state index is 5.95. The Balaban J connectivity index is 1.90. The van der Waals surface area contributed by atoms with E-state index < -0.39 is 0 Å². The van der Waals surface area contributed by atoms with Gasteiger partial charge < -0.3 is 4.74 Å². The minimum absolute atomic E-state index is 0.547. The number of hydrogen-bond donors (Lipinski definition) is 0. The second-order valence-electron chi connectivity index (χ2n) is 5.49. The predicted octanol–water partition coefficient (Wildman–Crippen LogP) is 3.69. The van der Waals surface area contributed by atoms with Gasteiger partial charge in [0.15, 0.2) is 0 Å². The second kappa shape index (κ2) is 3.61. The lowest BCUT2D eigenvalue weighted by Gasteiger charge is -2.29. The van der Waals surface area contributed by atoms with E-state index in [-0.39, 0.29) is 0 Å². The maximum Gasteiger partial charge on any atom is 0.123 e. The molecule has 4 rings (SSSR count). The SMILES string of the molecule is Cc1ccc2c(c1)OCC1Cc3ccccc3C21.